The molecule has 1 saturated heterocycles. The average molecular weight is 353 g/mol. The predicted octanol–water partition coefficient (Wildman–Crippen LogP) is 3.48. The van der Waals surface area contributed by atoms with E-state index in [-0.39, 0.29) is 29.8 Å². The molecule has 0 N–H and O–H groups in total. The van der Waals surface area contributed by atoms with E-state index in [9.17, 15) is 18.4 Å². The van der Waals surface area contributed by atoms with E-state index < -0.39 is 11.6 Å². The van der Waals surface area contributed by atoms with Gasteiger partial charge in [0.25, 0.3) is 0 Å². The molecular formula is C19H25F2NO3. The number of likely N-dealkylation sites (tertiary alicyclic amines) is 1. The van der Waals surface area contributed by atoms with Crippen LogP contribution in [-0.2, 0) is 20.7 Å². The summed E-state index contributed by atoms with van der Waals surface area (Å²) in [6.07, 6.45) is 3.90. The Morgan fingerprint density at radius 1 is 1.24 bits per heavy atom. The fourth-order valence-electron chi connectivity index (χ4n) is 3.29. The summed E-state index contributed by atoms with van der Waals surface area (Å²) in [5, 5.41) is 0. The summed E-state index contributed by atoms with van der Waals surface area (Å²) in [6.45, 7) is 1.33. The van der Waals surface area contributed by atoms with Crippen LogP contribution in [0.15, 0.2) is 18.2 Å². The number of hydrogen-bond donors (Lipinski definition) is 0. The largest absolute Gasteiger partial charge is 0.469 e. The Kier molecular flexibility index (Phi) is 7.34. The predicted molar refractivity (Wildman–Crippen MR) is 89.9 cm³/mol. The molecule has 1 heterocycles. The highest BCUT2D eigenvalue weighted by Gasteiger charge is 2.24. The van der Waals surface area contributed by atoms with Gasteiger partial charge < -0.3 is 9.64 Å². The topological polar surface area (TPSA) is 46.6 Å². The zero-order valence-electron chi connectivity index (χ0n) is 14.6. The van der Waals surface area contributed by atoms with Gasteiger partial charge in [0.2, 0.25) is 5.91 Å². The first-order valence-electron chi connectivity index (χ1n) is 8.78. The van der Waals surface area contributed by atoms with Crippen molar-refractivity contribution in [3.8, 4) is 0 Å². The molecule has 2 rings (SSSR count). The molecule has 1 aliphatic heterocycles. The van der Waals surface area contributed by atoms with Crippen LogP contribution >= 0.6 is 0 Å². The molecule has 1 atom stereocenters. The number of halogens is 2. The Labute approximate surface area is 147 Å². The zero-order valence-corrected chi connectivity index (χ0v) is 14.6. The Balaban J connectivity index is 1.80. The van der Waals surface area contributed by atoms with Gasteiger partial charge in [-0.2, -0.15) is 0 Å². The Bertz CT molecular complexity index is 586. The summed E-state index contributed by atoms with van der Waals surface area (Å²) in [5.74, 6) is -1.04. The van der Waals surface area contributed by atoms with Crippen LogP contribution in [0.1, 0.15) is 44.1 Å². The van der Waals surface area contributed by atoms with Gasteiger partial charge in [-0.1, -0.05) is 6.07 Å². The molecule has 0 aliphatic carbocycles. The van der Waals surface area contributed by atoms with Crippen molar-refractivity contribution in [2.45, 2.75) is 44.9 Å². The summed E-state index contributed by atoms with van der Waals surface area (Å²) in [4.78, 5) is 25.1. The Hall–Kier alpha value is -1.98. The van der Waals surface area contributed by atoms with Gasteiger partial charge in [-0.05, 0) is 50.2 Å². The number of carbonyl (C=O) groups is 2. The fourth-order valence-corrected chi connectivity index (χ4v) is 3.29. The third-order valence-electron chi connectivity index (χ3n) is 4.74. The maximum atomic E-state index is 13.7. The molecule has 0 bridgehead atoms. The smallest absolute Gasteiger partial charge is 0.305 e. The van der Waals surface area contributed by atoms with Crippen LogP contribution in [-0.4, -0.2) is 37.0 Å². The lowest BCUT2D eigenvalue weighted by molar-refractivity contribution is -0.141. The first kappa shape index (κ1) is 19.3. The zero-order chi connectivity index (χ0) is 18.2. The highest BCUT2D eigenvalue weighted by atomic mass is 19.1. The van der Waals surface area contributed by atoms with Crippen LogP contribution in [0.2, 0.25) is 0 Å². The molecular weight excluding hydrogens is 328 g/mol. The number of piperidine rings is 1. The molecule has 25 heavy (non-hydrogen) atoms. The van der Waals surface area contributed by atoms with E-state index in [2.05, 4.69) is 4.74 Å². The van der Waals surface area contributed by atoms with Gasteiger partial charge >= 0.3 is 5.97 Å². The third kappa shape index (κ3) is 5.80. The number of benzene rings is 1. The van der Waals surface area contributed by atoms with Crippen molar-refractivity contribution in [2.75, 3.05) is 20.2 Å². The van der Waals surface area contributed by atoms with Gasteiger partial charge in [0.15, 0.2) is 0 Å². The lowest BCUT2D eigenvalue weighted by Crippen LogP contribution is -2.40. The van der Waals surface area contributed by atoms with Crippen molar-refractivity contribution < 1.29 is 23.1 Å². The van der Waals surface area contributed by atoms with Crippen molar-refractivity contribution in [2.24, 2.45) is 5.92 Å². The molecule has 0 spiro atoms. The van der Waals surface area contributed by atoms with Crippen LogP contribution in [0.4, 0.5) is 8.78 Å². The van der Waals surface area contributed by atoms with E-state index in [0.717, 1.165) is 12.8 Å². The number of hydrogen-bond acceptors (Lipinski definition) is 3. The fraction of sp³-hybridized carbons (Fsp3) is 0.579. The second-order valence-electron chi connectivity index (χ2n) is 6.52. The van der Waals surface area contributed by atoms with Crippen LogP contribution in [0.3, 0.4) is 0 Å². The second-order valence-corrected chi connectivity index (χ2v) is 6.52. The number of nitrogens with zero attached hydrogens (tertiary/aromatic N) is 1. The van der Waals surface area contributed by atoms with E-state index in [0.29, 0.717) is 38.8 Å². The van der Waals surface area contributed by atoms with Crippen molar-refractivity contribution in [3.63, 3.8) is 0 Å². The van der Waals surface area contributed by atoms with Crippen molar-refractivity contribution in [3.05, 3.63) is 35.4 Å². The number of amides is 1. The summed E-state index contributed by atoms with van der Waals surface area (Å²) in [6, 6.07) is 3.91. The Morgan fingerprint density at radius 3 is 2.64 bits per heavy atom. The molecule has 4 nitrogen and oxygen atoms in total. The van der Waals surface area contributed by atoms with E-state index >= 15 is 0 Å². The lowest BCUT2D eigenvalue weighted by Gasteiger charge is -2.33. The average Bonchev–Trinajstić information content (AvgIpc) is 2.61. The SMILES string of the molecule is COC(=O)CCCC(=O)N1CCCC(CCc2c(F)cccc2F)C1. The van der Waals surface area contributed by atoms with Gasteiger partial charge in [0.1, 0.15) is 11.6 Å². The van der Waals surface area contributed by atoms with Crippen LogP contribution < -0.4 is 0 Å². The molecule has 1 aromatic rings. The van der Waals surface area contributed by atoms with E-state index in [1.54, 1.807) is 0 Å². The van der Waals surface area contributed by atoms with E-state index in [1.807, 2.05) is 4.90 Å². The molecule has 6 heteroatoms. The minimum atomic E-state index is -0.508. The minimum absolute atomic E-state index is 0.0330. The standard InChI is InChI=1S/C19H25F2NO3/c1-25-19(24)9-3-8-18(23)22-12-4-5-14(13-22)10-11-15-16(20)6-2-7-17(15)21/h2,6-7,14H,3-5,8-13H2,1H3. The van der Waals surface area contributed by atoms with Crippen LogP contribution in [0, 0.1) is 17.6 Å². The van der Waals surface area contributed by atoms with Crippen LogP contribution in [0.5, 0.6) is 0 Å². The number of esters is 1. The quantitative estimate of drug-likeness (QED) is 0.705. The molecule has 0 radical (unpaired) electrons. The number of carbonyl (C=O) groups excluding carboxylic acids is 2. The van der Waals surface area contributed by atoms with Crippen molar-refractivity contribution in [1.29, 1.82) is 0 Å². The molecule has 1 aliphatic rings. The molecule has 0 aromatic heterocycles. The lowest BCUT2D eigenvalue weighted by atomic mass is 9.91. The first-order chi connectivity index (χ1) is 12.0. The summed E-state index contributed by atoms with van der Waals surface area (Å²) >= 11 is 0. The van der Waals surface area contributed by atoms with Gasteiger partial charge in [-0.3, -0.25) is 9.59 Å². The number of ether oxygens (including phenoxy) is 1. The molecule has 1 amide bonds. The van der Waals surface area contributed by atoms with Crippen molar-refractivity contribution in [1.82, 2.24) is 4.90 Å². The minimum Gasteiger partial charge on any atom is -0.469 e. The maximum Gasteiger partial charge on any atom is 0.305 e. The molecule has 1 fully saturated rings. The molecule has 0 saturated carbocycles. The molecule has 138 valence electrons. The third-order valence-corrected chi connectivity index (χ3v) is 4.74. The Morgan fingerprint density at radius 2 is 1.96 bits per heavy atom. The highest BCUT2D eigenvalue weighted by molar-refractivity contribution is 5.77. The van der Waals surface area contributed by atoms with Crippen molar-refractivity contribution >= 4 is 11.9 Å². The van der Waals surface area contributed by atoms with E-state index in [1.165, 1.54) is 25.3 Å². The second kappa shape index (κ2) is 9.49. The normalized spacial score (nSPS) is 17.4. The maximum absolute atomic E-state index is 13.7. The van der Waals surface area contributed by atoms with Crippen LogP contribution in [0.25, 0.3) is 0 Å². The number of rotatable bonds is 7. The van der Waals surface area contributed by atoms with Gasteiger partial charge in [-0.25, -0.2) is 8.78 Å². The van der Waals surface area contributed by atoms with Gasteiger partial charge in [0.05, 0.1) is 7.11 Å². The molecule has 1 aromatic carbocycles. The molecule has 1 unspecified atom stereocenters. The summed E-state index contributed by atoms with van der Waals surface area (Å²) in [7, 11) is 1.33. The number of methoxy groups -OCH3 is 1. The van der Waals surface area contributed by atoms with Gasteiger partial charge in [0, 0.05) is 31.5 Å². The first-order valence-corrected chi connectivity index (χ1v) is 8.78. The van der Waals surface area contributed by atoms with E-state index in [4.69, 9.17) is 0 Å². The highest BCUT2D eigenvalue weighted by Crippen LogP contribution is 2.24. The van der Waals surface area contributed by atoms with Gasteiger partial charge in [-0.15, -0.1) is 0 Å². The monoisotopic (exact) mass is 353 g/mol. The summed E-state index contributed by atoms with van der Waals surface area (Å²) < 4.78 is 32.0. The summed E-state index contributed by atoms with van der Waals surface area (Å²) in [5.41, 5.74) is 0.129.